The molecule has 4 aromatic carbocycles. The molecule has 0 amide bonds. The number of nitrogens with two attached hydrogens (primary N) is 1. The van der Waals surface area contributed by atoms with Crippen LogP contribution in [-0.4, -0.2) is 86.6 Å². The number of carbonyl (C=O) groups is 4. The third kappa shape index (κ3) is 23.7. The maximum atomic E-state index is 12.4. The lowest BCUT2D eigenvalue weighted by molar-refractivity contribution is -0.147. The van der Waals surface area contributed by atoms with Crippen LogP contribution in [0.5, 0.6) is 0 Å². The highest BCUT2D eigenvalue weighted by Gasteiger charge is 2.13. The van der Waals surface area contributed by atoms with E-state index in [1.54, 1.807) is 43.2 Å². The van der Waals surface area contributed by atoms with Gasteiger partial charge in [0.1, 0.15) is 0 Å². The third-order valence-corrected chi connectivity index (χ3v) is 14.5. The van der Waals surface area contributed by atoms with E-state index in [0.717, 1.165) is 33.9 Å². The molecule has 0 aliphatic carbocycles. The van der Waals surface area contributed by atoms with Crippen molar-refractivity contribution in [1.29, 1.82) is 0 Å². The standard InChI is InChI=1S/C49H62N2O9S4/c1-38-12-20-42(21-13-38)61-62-43-22-14-39(15-23-43)8-4-10-46(53)57-34-6-36-59-48(55)28-31-51(30-2-3-33-52)32-29-49(56)60-37-7-35-58-47(54)11-5-9-40-16-24-44(25-17-40)63-64-45-26-18-41(50)19-27-45/h12-27,52H,2-11,28-37,50H2,1H3. The fourth-order valence-corrected chi connectivity index (χ4v) is 9.90. The van der Waals surface area contributed by atoms with E-state index in [0.29, 0.717) is 71.0 Å². The van der Waals surface area contributed by atoms with Crippen molar-refractivity contribution < 1.29 is 43.2 Å². The van der Waals surface area contributed by atoms with E-state index in [1.165, 1.54) is 20.9 Å². The Morgan fingerprint density at radius 3 is 1.22 bits per heavy atom. The van der Waals surface area contributed by atoms with E-state index in [-0.39, 0.29) is 69.8 Å². The zero-order valence-corrected chi connectivity index (χ0v) is 40.0. The summed E-state index contributed by atoms with van der Waals surface area (Å²) in [6.45, 7) is 4.18. The number of anilines is 1. The molecule has 0 aliphatic rings. The second-order valence-electron chi connectivity index (χ2n) is 15.1. The average Bonchev–Trinajstić information content (AvgIpc) is 3.30. The summed E-state index contributed by atoms with van der Waals surface area (Å²) in [4.78, 5) is 56.0. The minimum absolute atomic E-state index is 0.0644. The van der Waals surface area contributed by atoms with E-state index in [1.807, 2.05) is 29.2 Å². The molecular formula is C49H62N2O9S4. The average molecular weight is 951 g/mol. The largest absolute Gasteiger partial charge is 0.466 e. The number of aryl methyl sites for hydroxylation is 3. The molecule has 64 heavy (non-hydrogen) atoms. The molecule has 0 unspecified atom stereocenters. The van der Waals surface area contributed by atoms with Crippen LogP contribution in [-0.2, 0) is 51.0 Å². The van der Waals surface area contributed by atoms with Gasteiger partial charge in [-0.3, -0.25) is 19.2 Å². The van der Waals surface area contributed by atoms with Gasteiger partial charge in [-0.05, 0) is 124 Å². The van der Waals surface area contributed by atoms with E-state index in [4.69, 9.17) is 24.7 Å². The van der Waals surface area contributed by atoms with Crippen LogP contribution < -0.4 is 5.73 Å². The van der Waals surface area contributed by atoms with Gasteiger partial charge in [-0.2, -0.15) is 0 Å². The van der Waals surface area contributed by atoms with Crippen LogP contribution in [0.2, 0.25) is 0 Å². The molecule has 0 radical (unpaired) electrons. The third-order valence-electron chi connectivity index (χ3n) is 9.69. The highest BCUT2D eigenvalue weighted by molar-refractivity contribution is 8.77. The number of unbranched alkanes of at least 4 members (excludes halogenated alkanes) is 1. The number of nitrogens with zero attached hydrogens (tertiary/aromatic N) is 1. The first-order valence-corrected chi connectivity index (χ1v) is 26.2. The van der Waals surface area contributed by atoms with Crippen LogP contribution in [0.25, 0.3) is 0 Å². The Balaban J connectivity index is 0.970. The van der Waals surface area contributed by atoms with Gasteiger partial charge in [0.15, 0.2) is 0 Å². The molecule has 0 aromatic heterocycles. The van der Waals surface area contributed by atoms with Crippen molar-refractivity contribution in [3.05, 3.63) is 114 Å². The van der Waals surface area contributed by atoms with Gasteiger partial charge in [0.25, 0.3) is 0 Å². The van der Waals surface area contributed by atoms with Crippen molar-refractivity contribution in [3.8, 4) is 0 Å². The molecule has 11 nitrogen and oxygen atoms in total. The molecule has 0 heterocycles. The summed E-state index contributed by atoms with van der Waals surface area (Å²) in [7, 11) is 6.81. The summed E-state index contributed by atoms with van der Waals surface area (Å²) in [5.41, 5.74) is 10.1. The maximum Gasteiger partial charge on any atom is 0.307 e. The number of benzene rings is 4. The minimum Gasteiger partial charge on any atom is -0.466 e. The van der Waals surface area contributed by atoms with E-state index in [2.05, 4.69) is 79.7 Å². The van der Waals surface area contributed by atoms with Crippen molar-refractivity contribution in [3.63, 3.8) is 0 Å². The first kappa shape index (κ1) is 52.5. The van der Waals surface area contributed by atoms with Crippen molar-refractivity contribution in [2.75, 3.05) is 58.4 Å². The number of nitrogen functional groups attached to an aromatic ring is 1. The summed E-state index contributed by atoms with van der Waals surface area (Å²) in [5.74, 6) is -1.29. The van der Waals surface area contributed by atoms with Gasteiger partial charge >= 0.3 is 23.9 Å². The van der Waals surface area contributed by atoms with Crippen LogP contribution >= 0.6 is 43.2 Å². The molecule has 0 atom stereocenters. The molecule has 4 aromatic rings. The van der Waals surface area contributed by atoms with Gasteiger partial charge in [-0.25, -0.2) is 0 Å². The normalized spacial score (nSPS) is 11.0. The monoisotopic (exact) mass is 950 g/mol. The minimum atomic E-state index is -0.374. The summed E-state index contributed by atoms with van der Waals surface area (Å²) in [5, 5.41) is 9.23. The predicted molar refractivity (Wildman–Crippen MR) is 259 cm³/mol. The second-order valence-corrected chi connectivity index (χ2v) is 19.6. The van der Waals surface area contributed by atoms with Gasteiger partial charge in [0.2, 0.25) is 0 Å². The quantitative estimate of drug-likeness (QED) is 0.0157. The Kier molecular flexibility index (Phi) is 26.0. The molecule has 4 rings (SSSR count). The summed E-state index contributed by atoms with van der Waals surface area (Å²) in [6, 6.07) is 33.0. The Morgan fingerprint density at radius 2 is 0.828 bits per heavy atom. The van der Waals surface area contributed by atoms with Gasteiger partial charge in [0, 0.05) is 70.6 Å². The number of hydrogen-bond acceptors (Lipinski definition) is 15. The van der Waals surface area contributed by atoms with E-state index >= 15 is 0 Å². The number of esters is 4. The molecule has 0 aliphatic heterocycles. The van der Waals surface area contributed by atoms with Gasteiger partial charge in [-0.1, -0.05) is 85.1 Å². The topological polar surface area (TPSA) is 155 Å². The van der Waals surface area contributed by atoms with Crippen molar-refractivity contribution in [1.82, 2.24) is 4.90 Å². The molecule has 15 heteroatoms. The second kappa shape index (κ2) is 31.7. The fourth-order valence-electron chi connectivity index (χ4n) is 6.04. The number of hydrogen-bond donors (Lipinski definition) is 2. The SMILES string of the molecule is Cc1ccc(SSc2ccc(CCCC(=O)OCCCOC(=O)CCN(CCCCO)CCC(=O)OCCCOC(=O)CCCc3ccc(SSc4ccc(N)cc4)cc3)cc2)cc1. The van der Waals surface area contributed by atoms with Crippen LogP contribution in [0.1, 0.15) is 80.9 Å². The Hall–Kier alpha value is -4.12. The zero-order valence-electron chi connectivity index (χ0n) is 36.8. The lowest BCUT2D eigenvalue weighted by Gasteiger charge is -2.21. The van der Waals surface area contributed by atoms with Crippen LogP contribution in [0, 0.1) is 6.92 Å². The van der Waals surface area contributed by atoms with Gasteiger partial charge in [-0.15, -0.1) is 0 Å². The highest BCUT2D eigenvalue weighted by atomic mass is 33.1. The molecule has 0 fully saturated rings. The van der Waals surface area contributed by atoms with Gasteiger partial charge in [0.05, 0.1) is 39.3 Å². The van der Waals surface area contributed by atoms with E-state index < -0.39 is 0 Å². The van der Waals surface area contributed by atoms with Crippen LogP contribution in [0.3, 0.4) is 0 Å². The summed E-state index contributed by atoms with van der Waals surface area (Å²) >= 11 is 0. The van der Waals surface area contributed by atoms with Crippen molar-refractivity contribution in [2.24, 2.45) is 0 Å². The van der Waals surface area contributed by atoms with Crippen LogP contribution in [0.15, 0.2) is 117 Å². The fraction of sp³-hybridized carbons (Fsp3) is 0.429. The maximum absolute atomic E-state index is 12.4. The molecule has 0 saturated carbocycles. The lowest BCUT2D eigenvalue weighted by Crippen LogP contribution is -2.31. The Morgan fingerprint density at radius 1 is 0.469 bits per heavy atom. The number of ether oxygens (including phenoxy) is 4. The molecule has 0 bridgehead atoms. The van der Waals surface area contributed by atoms with Crippen molar-refractivity contribution >= 4 is 72.7 Å². The highest BCUT2D eigenvalue weighted by Crippen LogP contribution is 2.38. The predicted octanol–water partition coefficient (Wildman–Crippen LogP) is 10.3. The number of aliphatic hydroxyl groups excluding tert-OH is 1. The van der Waals surface area contributed by atoms with Crippen molar-refractivity contribution in [2.45, 2.75) is 104 Å². The Bertz CT molecular complexity index is 1810. The molecule has 346 valence electrons. The number of rotatable bonds is 32. The van der Waals surface area contributed by atoms with Gasteiger partial charge < -0.3 is 34.7 Å². The zero-order chi connectivity index (χ0) is 45.6. The molecular weight excluding hydrogens is 889 g/mol. The van der Waals surface area contributed by atoms with Crippen LogP contribution in [0.4, 0.5) is 5.69 Å². The number of carbonyl (C=O) groups excluding carboxylic acids is 4. The lowest BCUT2D eigenvalue weighted by atomic mass is 10.1. The smallest absolute Gasteiger partial charge is 0.307 e. The molecule has 0 saturated heterocycles. The number of aliphatic hydroxyl groups is 1. The first-order valence-electron chi connectivity index (χ1n) is 21.9. The first-order chi connectivity index (χ1) is 31.1. The Labute approximate surface area is 394 Å². The summed E-state index contributed by atoms with van der Waals surface area (Å²) < 4.78 is 21.4. The molecule has 3 N–H and O–H groups in total. The van der Waals surface area contributed by atoms with E-state index in [9.17, 15) is 24.3 Å². The molecule has 0 spiro atoms. The summed E-state index contributed by atoms with van der Waals surface area (Å²) in [6.07, 6.45) is 5.97.